The first kappa shape index (κ1) is 19.7. The summed E-state index contributed by atoms with van der Waals surface area (Å²) in [6.45, 7) is 11.6. The summed E-state index contributed by atoms with van der Waals surface area (Å²) >= 11 is 0. The number of hydrogen-bond acceptors (Lipinski definition) is 4. The standard InChI is InChI=1S/C20H32N2O3/c1-6-24-17-13-20(21,19(17,4)5)18(23)22-15-8-7-9-16(12-15)25-11-10-14(2)3/h7-9,12,14,17H,6,10-11,13,21H2,1-5H3,(H,22,23). The van der Waals surface area contributed by atoms with Crippen LogP contribution in [-0.4, -0.2) is 30.8 Å². The monoisotopic (exact) mass is 348 g/mol. The maximum Gasteiger partial charge on any atom is 0.245 e. The van der Waals surface area contributed by atoms with Gasteiger partial charge in [0.2, 0.25) is 5.91 Å². The average molecular weight is 348 g/mol. The molecule has 1 aromatic carbocycles. The normalized spacial score (nSPS) is 24.7. The smallest absolute Gasteiger partial charge is 0.245 e. The molecule has 0 aromatic heterocycles. The number of benzene rings is 1. The number of amides is 1. The van der Waals surface area contributed by atoms with Gasteiger partial charge in [-0.2, -0.15) is 0 Å². The average Bonchev–Trinajstić information content (AvgIpc) is 2.54. The summed E-state index contributed by atoms with van der Waals surface area (Å²) in [5, 5.41) is 2.94. The Hall–Kier alpha value is -1.59. The molecule has 1 fully saturated rings. The highest BCUT2D eigenvalue weighted by molar-refractivity contribution is 5.99. The van der Waals surface area contributed by atoms with Crippen molar-refractivity contribution >= 4 is 11.6 Å². The molecule has 5 nitrogen and oxygen atoms in total. The molecule has 25 heavy (non-hydrogen) atoms. The van der Waals surface area contributed by atoms with Crippen LogP contribution >= 0.6 is 0 Å². The van der Waals surface area contributed by atoms with Crippen LogP contribution in [0.3, 0.4) is 0 Å². The minimum atomic E-state index is -0.929. The quantitative estimate of drug-likeness (QED) is 0.753. The second-order valence-electron chi connectivity index (χ2n) is 7.85. The van der Waals surface area contributed by atoms with Gasteiger partial charge in [-0.25, -0.2) is 0 Å². The molecule has 1 aliphatic carbocycles. The van der Waals surface area contributed by atoms with Gasteiger partial charge in [0, 0.05) is 30.2 Å². The highest BCUT2D eigenvalue weighted by Gasteiger charge is 2.62. The molecule has 1 saturated carbocycles. The molecule has 2 atom stereocenters. The molecular formula is C20H32N2O3. The molecule has 0 heterocycles. The summed E-state index contributed by atoms with van der Waals surface area (Å²) in [6, 6.07) is 7.46. The number of nitrogens with two attached hydrogens (primary N) is 1. The van der Waals surface area contributed by atoms with Gasteiger partial charge in [-0.15, -0.1) is 0 Å². The van der Waals surface area contributed by atoms with Crippen LogP contribution in [0.1, 0.15) is 47.5 Å². The van der Waals surface area contributed by atoms with Crippen molar-refractivity contribution in [1.29, 1.82) is 0 Å². The Balaban J connectivity index is 1.99. The second kappa shape index (κ2) is 7.75. The van der Waals surface area contributed by atoms with E-state index in [1.807, 2.05) is 45.0 Å². The lowest BCUT2D eigenvalue weighted by Crippen LogP contribution is -2.74. The van der Waals surface area contributed by atoms with Gasteiger partial charge in [0.05, 0.1) is 12.7 Å². The highest BCUT2D eigenvalue weighted by atomic mass is 16.5. The van der Waals surface area contributed by atoms with Crippen molar-refractivity contribution in [2.45, 2.75) is 59.1 Å². The van der Waals surface area contributed by atoms with E-state index in [4.69, 9.17) is 15.2 Å². The molecule has 1 amide bonds. The largest absolute Gasteiger partial charge is 0.494 e. The maximum absolute atomic E-state index is 12.8. The Morgan fingerprint density at radius 3 is 2.72 bits per heavy atom. The van der Waals surface area contributed by atoms with Crippen LogP contribution in [0.4, 0.5) is 5.69 Å². The number of ether oxygens (including phenoxy) is 2. The fraction of sp³-hybridized carbons (Fsp3) is 0.650. The van der Waals surface area contributed by atoms with Crippen molar-refractivity contribution in [2.24, 2.45) is 17.1 Å². The van der Waals surface area contributed by atoms with E-state index in [1.54, 1.807) is 0 Å². The Morgan fingerprint density at radius 1 is 1.40 bits per heavy atom. The number of rotatable bonds is 8. The summed E-state index contributed by atoms with van der Waals surface area (Å²) in [5.74, 6) is 1.18. The summed E-state index contributed by atoms with van der Waals surface area (Å²) in [4.78, 5) is 12.8. The summed E-state index contributed by atoms with van der Waals surface area (Å²) in [5.41, 5.74) is 5.79. The molecule has 2 rings (SSSR count). The number of anilines is 1. The van der Waals surface area contributed by atoms with Crippen LogP contribution in [0.2, 0.25) is 0 Å². The highest BCUT2D eigenvalue weighted by Crippen LogP contribution is 2.50. The predicted molar refractivity (Wildman–Crippen MR) is 101 cm³/mol. The molecule has 0 radical (unpaired) electrons. The Morgan fingerprint density at radius 2 is 2.12 bits per heavy atom. The third kappa shape index (κ3) is 4.15. The van der Waals surface area contributed by atoms with E-state index in [0.717, 1.165) is 12.2 Å². The van der Waals surface area contributed by atoms with Gasteiger partial charge < -0.3 is 20.5 Å². The molecule has 1 aliphatic rings. The second-order valence-corrected chi connectivity index (χ2v) is 7.85. The van der Waals surface area contributed by atoms with Crippen molar-refractivity contribution in [1.82, 2.24) is 0 Å². The molecule has 0 spiro atoms. The Bertz CT molecular complexity index is 600. The van der Waals surface area contributed by atoms with E-state index in [1.165, 1.54) is 0 Å². The van der Waals surface area contributed by atoms with Crippen LogP contribution in [0.5, 0.6) is 5.75 Å². The fourth-order valence-electron chi connectivity index (χ4n) is 3.14. The first-order valence-corrected chi connectivity index (χ1v) is 9.15. The lowest BCUT2D eigenvalue weighted by Gasteiger charge is -2.57. The Labute approximate surface area is 151 Å². The Kier molecular flexibility index (Phi) is 6.12. The maximum atomic E-state index is 12.8. The van der Waals surface area contributed by atoms with E-state index in [-0.39, 0.29) is 12.0 Å². The van der Waals surface area contributed by atoms with E-state index in [9.17, 15) is 4.79 Å². The topological polar surface area (TPSA) is 73.6 Å². The van der Waals surface area contributed by atoms with Crippen molar-refractivity contribution in [3.63, 3.8) is 0 Å². The third-order valence-corrected chi connectivity index (χ3v) is 5.29. The number of nitrogens with one attached hydrogen (secondary N) is 1. The summed E-state index contributed by atoms with van der Waals surface area (Å²) in [7, 11) is 0. The van der Waals surface area contributed by atoms with Crippen LogP contribution in [-0.2, 0) is 9.53 Å². The van der Waals surface area contributed by atoms with Crippen molar-refractivity contribution in [3.05, 3.63) is 24.3 Å². The molecule has 5 heteroatoms. The van der Waals surface area contributed by atoms with Gasteiger partial charge in [-0.3, -0.25) is 4.79 Å². The van der Waals surface area contributed by atoms with Crippen molar-refractivity contribution in [2.75, 3.05) is 18.5 Å². The first-order chi connectivity index (χ1) is 11.7. The van der Waals surface area contributed by atoms with Crippen LogP contribution in [0.15, 0.2) is 24.3 Å². The lowest BCUT2D eigenvalue weighted by atomic mass is 9.54. The van der Waals surface area contributed by atoms with Crippen LogP contribution in [0.25, 0.3) is 0 Å². The van der Waals surface area contributed by atoms with E-state index in [0.29, 0.717) is 31.2 Å². The molecule has 0 bridgehead atoms. The van der Waals surface area contributed by atoms with Crippen molar-refractivity contribution in [3.8, 4) is 5.75 Å². The van der Waals surface area contributed by atoms with Gasteiger partial charge in [-0.1, -0.05) is 33.8 Å². The molecule has 0 saturated heterocycles. The predicted octanol–water partition coefficient (Wildman–Crippen LogP) is 3.58. The summed E-state index contributed by atoms with van der Waals surface area (Å²) in [6.07, 6.45) is 1.54. The minimum Gasteiger partial charge on any atom is -0.494 e. The van der Waals surface area contributed by atoms with Crippen LogP contribution in [0, 0.1) is 11.3 Å². The van der Waals surface area contributed by atoms with E-state index >= 15 is 0 Å². The molecular weight excluding hydrogens is 316 g/mol. The molecule has 0 aliphatic heterocycles. The number of hydrogen-bond donors (Lipinski definition) is 2. The summed E-state index contributed by atoms with van der Waals surface area (Å²) < 4.78 is 11.4. The molecule has 140 valence electrons. The van der Waals surface area contributed by atoms with Crippen molar-refractivity contribution < 1.29 is 14.3 Å². The van der Waals surface area contributed by atoms with Crippen LogP contribution < -0.4 is 15.8 Å². The third-order valence-electron chi connectivity index (χ3n) is 5.29. The zero-order valence-electron chi connectivity index (χ0n) is 16.1. The van der Waals surface area contributed by atoms with Gasteiger partial charge in [0.25, 0.3) is 0 Å². The minimum absolute atomic E-state index is 0.0129. The number of carbonyl (C=O) groups excluding carboxylic acids is 1. The van der Waals surface area contributed by atoms with Gasteiger partial charge in [0.15, 0.2) is 0 Å². The number of carbonyl (C=O) groups is 1. The molecule has 2 unspecified atom stereocenters. The molecule has 1 aromatic rings. The van der Waals surface area contributed by atoms with Gasteiger partial charge >= 0.3 is 0 Å². The zero-order chi connectivity index (χ0) is 18.7. The van der Waals surface area contributed by atoms with Gasteiger partial charge in [-0.05, 0) is 31.4 Å². The molecule has 3 N–H and O–H groups in total. The zero-order valence-corrected chi connectivity index (χ0v) is 16.1. The van der Waals surface area contributed by atoms with E-state index in [2.05, 4.69) is 19.2 Å². The SMILES string of the molecule is CCOC1CC(N)(C(=O)Nc2cccc(OCCC(C)C)c2)C1(C)C. The first-order valence-electron chi connectivity index (χ1n) is 9.15. The van der Waals surface area contributed by atoms with E-state index < -0.39 is 11.0 Å². The van der Waals surface area contributed by atoms with Gasteiger partial charge in [0.1, 0.15) is 11.3 Å². The lowest BCUT2D eigenvalue weighted by molar-refractivity contribution is -0.166. The fourth-order valence-corrected chi connectivity index (χ4v) is 3.14.